The molecule has 2 aromatic carbocycles. The maximum absolute atomic E-state index is 12.7. The second kappa shape index (κ2) is 6.93. The molecule has 0 saturated carbocycles. The first-order chi connectivity index (χ1) is 10.8. The SMILES string of the molecule is COc1cccc(COc2ccc(C(F)(F)F)cc2B(O)O)c1. The lowest BCUT2D eigenvalue weighted by Gasteiger charge is -2.14. The number of halogens is 3. The average Bonchev–Trinajstić information content (AvgIpc) is 2.52. The van der Waals surface area contributed by atoms with Gasteiger partial charge in [0, 0.05) is 5.46 Å². The summed E-state index contributed by atoms with van der Waals surface area (Å²) in [5.74, 6) is 0.580. The van der Waals surface area contributed by atoms with Gasteiger partial charge in [-0.1, -0.05) is 12.1 Å². The number of rotatable bonds is 5. The average molecular weight is 326 g/mol. The van der Waals surface area contributed by atoms with E-state index in [4.69, 9.17) is 9.47 Å². The van der Waals surface area contributed by atoms with Crippen LogP contribution in [0.4, 0.5) is 13.2 Å². The van der Waals surface area contributed by atoms with Crippen molar-refractivity contribution < 1.29 is 32.7 Å². The molecule has 0 aliphatic heterocycles. The van der Waals surface area contributed by atoms with Gasteiger partial charge < -0.3 is 19.5 Å². The first-order valence-electron chi connectivity index (χ1n) is 6.64. The van der Waals surface area contributed by atoms with Gasteiger partial charge in [0.2, 0.25) is 0 Å². The van der Waals surface area contributed by atoms with Crippen molar-refractivity contribution in [2.75, 3.05) is 7.11 Å². The Hall–Kier alpha value is -2.19. The van der Waals surface area contributed by atoms with Gasteiger partial charge in [-0.2, -0.15) is 13.2 Å². The number of ether oxygens (including phenoxy) is 2. The zero-order chi connectivity index (χ0) is 17.0. The monoisotopic (exact) mass is 326 g/mol. The van der Waals surface area contributed by atoms with E-state index in [9.17, 15) is 23.2 Å². The third kappa shape index (κ3) is 4.40. The Kier molecular flexibility index (Phi) is 5.17. The van der Waals surface area contributed by atoms with Crippen LogP contribution >= 0.6 is 0 Å². The van der Waals surface area contributed by atoms with Crippen LogP contribution in [0.3, 0.4) is 0 Å². The normalized spacial score (nSPS) is 11.2. The van der Waals surface area contributed by atoms with E-state index in [0.717, 1.165) is 17.7 Å². The summed E-state index contributed by atoms with van der Waals surface area (Å²) >= 11 is 0. The lowest BCUT2D eigenvalue weighted by atomic mass is 9.78. The van der Waals surface area contributed by atoms with E-state index in [2.05, 4.69) is 0 Å². The molecule has 23 heavy (non-hydrogen) atoms. The summed E-state index contributed by atoms with van der Waals surface area (Å²) < 4.78 is 48.5. The van der Waals surface area contributed by atoms with Crippen molar-refractivity contribution in [3.05, 3.63) is 53.6 Å². The standard InChI is InChI=1S/C15H14BF3O4/c1-22-12-4-2-3-10(7-12)9-23-14-6-5-11(15(17,18)19)8-13(14)16(20)21/h2-8,20-21H,9H2,1H3. The Bertz CT molecular complexity index is 674. The molecule has 0 aliphatic rings. The Morgan fingerprint density at radius 3 is 2.43 bits per heavy atom. The highest BCUT2D eigenvalue weighted by Gasteiger charge is 2.32. The van der Waals surface area contributed by atoms with E-state index in [0.29, 0.717) is 11.8 Å². The van der Waals surface area contributed by atoms with Gasteiger partial charge in [0.25, 0.3) is 0 Å². The van der Waals surface area contributed by atoms with Crippen LogP contribution in [0, 0.1) is 0 Å². The second-order valence-electron chi connectivity index (χ2n) is 4.76. The van der Waals surface area contributed by atoms with Crippen LogP contribution in [0.25, 0.3) is 0 Å². The quantitative estimate of drug-likeness (QED) is 0.825. The van der Waals surface area contributed by atoms with Crippen LogP contribution in [0.5, 0.6) is 11.5 Å². The van der Waals surface area contributed by atoms with Gasteiger partial charge in [-0.15, -0.1) is 0 Å². The van der Waals surface area contributed by atoms with Gasteiger partial charge in [0.05, 0.1) is 12.7 Å². The lowest BCUT2D eigenvalue weighted by molar-refractivity contribution is -0.137. The first kappa shape index (κ1) is 17.2. The Morgan fingerprint density at radius 1 is 1.09 bits per heavy atom. The van der Waals surface area contributed by atoms with Crippen molar-refractivity contribution in [1.82, 2.24) is 0 Å². The molecule has 2 N–H and O–H groups in total. The Balaban J connectivity index is 2.22. The van der Waals surface area contributed by atoms with Crippen LogP contribution in [-0.2, 0) is 12.8 Å². The lowest BCUT2D eigenvalue weighted by Crippen LogP contribution is -2.32. The predicted molar refractivity (Wildman–Crippen MR) is 78.6 cm³/mol. The van der Waals surface area contributed by atoms with Gasteiger partial charge in [-0.05, 0) is 35.9 Å². The molecule has 2 aromatic rings. The fourth-order valence-electron chi connectivity index (χ4n) is 1.98. The largest absolute Gasteiger partial charge is 0.497 e. The molecule has 0 spiro atoms. The summed E-state index contributed by atoms with van der Waals surface area (Å²) in [5.41, 5.74) is -0.598. The summed E-state index contributed by atoms with van der Waals surface area (Å²) in [6, 6.07) is 9.49. The third-order valence-electron chi connectivity index (χ3n) is 3.14. The molecule has 0 amide bonds. The van der Waals surface area contributed by atoms with Crippen LogP contribution in [0.15, 0.2) is 42.5 Å². The molecule has 122 valence electrons. The summed E-state index contributed by atoms with van der Waals surface area (Å²) in [6.07, 6.45) is -4.57. The third-order valence-corrected chi connectivity index (χ3v) is 3.14. The molecule has 8 heteroatoms. The fourth-order valence-corrected chi connectivity index (χ4v) is 1.98. The molecular formula is C15H14BF3O4. The van der Waals surface area contributed by atoms with Crippen molar-refractivity contribution in [2.24, 2.45) is 0 Å². The zero-order valence-electron chi connectivity index (χ0n) is 12.2. The molecule has 4 nitrogen and oxygen atoms in total. The minimum atomic E-state index is -4.57. The fraction of sp³-hybridized carbons (Fsp3) is 0.200. The number of hydrogen-bond donors (Lipinski definition) is 2. The van der Waals surface area contributed by atoms with Crippen molar-refractivity contribution in [3.8, 4) is 11.5 Å². The maximum Gasteiger partial charge on any atom is 0.492 e. The molecule has 0 fully saturated rings. The first-order valence-corrected chi connectivity index (χ1v) is 6.64. The summed E-state index contributed by atoms with van der Waals surface area (Å²) in [5, 5.41) is 18.5. The van der Waals surface area contributed by atoms with Gasteiger partial charge in [-0.25, -0.2) is 0 Å². The van der Waals surface area contributed by atoms with E-state index < -0.39 is 18.9 Å². The number of hydrogen-bond acceptors (Lipinski definition) is 4. The smallest absolute Gasteiger partial charge is 0.492 e. The van der Waals surface area contributed by atoms with Crippen molar-refractivity contribution in [1.29, 1.82) is 0 Å². The highest BCUT2D eigenvalue weighted by molar-refractivity contribution is 6.59. The van der Waals surface area contributed by atoms with Gasteiger partial charge in [0.15, 0.2) is 0 Å². The summed E-state index contributed by atoms with van der Waals surface area (Å²) in [7, 11) is -0.562. The predicted octanol–water partition coefficient (Wildman–Crippen LogP) is 1.97. The van der Waals surface area contributed by atoms with E-state index in [1.54, 1.807) is 24.3 Å². The van der Waals surface area contributed by atoms with Crippen LogP contribution < -0.4 is 14.9 Å². The van der Waals surface area contributed by atoms with E-state index in [-0.39, 0.29) is 17.8 Å². The summed E-state index contributed by atoms with van der Waals surface area (Å²) in [4.78, 5) is 0. The van der Waals surface area contributed by atoms with E-state index in [1.165, 1.54) is 7.11 Å². The van der Waals surface area contributed by atoms with Gasteiger partial charge in [0.1, 0.15) is 18.1 Å². The molecule has 0 heterocycles. The second-order valence-corrected chi connectivity index (χ2v) is 4.76. The van der Waals surface area contributed by atoms with Crippen molar-refractivity contribution in [3.63, 3.8) is 0 Å². The van der Waals surface area contributed by atoms with Crippen LogP contribution in [0.2, 0.25) is 0 Å². The minimum absolute atomic E-state index is 0.0316. The molecular weight excluding hydrogens is 312 g/mol. The molecule has 0 radical (unpaired) electrons. The van der Waals surface area contributed by atoms with Crippen LogP contribution in [0.1, 0.15) is 11.1 Å². The zero-order valence-corrected chi connectivity index (χ0v) is 12.2. The Morgan fingerprint density at radius 2 is 1.83 bits per heavy atom. The van der Waals surface area contributed by atoms with Gasteiger partial charge >= 0.3 is 13.3 Å². The highest BCUT2D eigenvalue weighted by atomic mass is 19.4. The molecule has 0 bridgehead atoms. The molecule has 0 aliphatic carbocycles. The van der Waals surface area contributed by atoms with Gasteiger partial charge in [-0.3, -0.25) is 0 Å². The van der Waals surface area contributed by atoms with Crippen molar-refractivity contribution in [2.45, 2.75) is 12.8 Å². The molecule has 0 unspecified atom stereocenters. The highest BCUT2D eigenvalue weighted by Crippen LogP contribution is 2.30. The molecule has 0 saturated heterocycles. The molecule has 0 aromatic heterocycles. The van der Waals surface area contributed by atoms with E-state index >= 15 is 0 Å². The number of benzene rings is 2. The van der Waals surface area contributed by atoms with E-state index in [1.807, 2.05) is 0 Å². The number of methoxy groups -OCH3 is 1. The maximum atomic E-state index is 12.7. The van der Waals surface area contributed by atoms with Crippen molar-refractivity contribution >= 4 is 12.6 Å². The van der Waals surface area contributed by atoms with Crippen LogP contribution in [-0.4, -0.2) is 24.3 Å². The topological polar surface area (TPSA) is 58.9 Å². The molecule has 0 atom stereocenters. The molecule has 2 rings (SSSR count). The minimum Gasteiger partial charge on any atom is -0.497 e. The summed E-state index contributed by atoms with van der Waals surface area (Å²) in [6.45, 7) is 0.0439. The Labute approximate surface area is 131 Å². The number of alkyl halides is 3.